The van der Waals surface area contributed by atoms with Crippen molar-refractivity contribution in [3.8, 4) is 29.6 Å². The second kappa shape index (κ2) is 9.94. The van der Waals surface area contributed by atoms with E-state index in [9.17, 15) is 4.79 Å². The second-order valence-corrected chi connectivity index (χ2v) is 8.20. The number of benzene rings is 2. The van der Waals surface area contributed by atoms with Crippen molar-refractivity contribution in [2.45, 2.75) is 0 Å². The van der Waals surface area contributed by atoms with Crippen LogP contribution in [-0.4, -0.2) is 31.9 Å². The topological polar surface area (TPSA) is 69.2 Å². The number of rotatable bonds is 6. The van der Waals surface area contributed by atoms with Crippen molar-refractivity contribution in [1.29, 1.82) is 0 Å². The molecule has 0 atom stereocenters. The van der Waals surface area contributed by atoms with Crippen molar-refractivity contribution in [1.82, 2.24) is 5.32 Å². The Hall–Kier alpha value is -2.60. The lowest BCUT2D eigenvalue weighted by Gasteiger charge is -2.12. The number of carbonyl (C=O) groups is 1. The van der Waals surface area contributed by atoms with E-state index in [1.165, 1.54) is 26.0 Å². The molecule has 0 saturated carbocycles. The molecule has 1 aliphatic heterocycles. The van der Waals surface area contributed by atoms with Crippen molar-refractivity contribution >= 4 is 62.1 Å². The van der Waals surface area contributed by atoms with Crippen LogP contribution in [0.2, 0.25) is 5.02 Å². The van der Waals surface area contributed by atoms with Gasteiger partial charge in [-0.1, -0.05) is 33.5 Å². The highest BCUT2D eigenvalue weighted by Gasteiger charge is 2.25. The first-order chi connectivity index (χ1) is 14.4. The second-order valence-electron chi connectivity index (χ2n) is 5.82. The molecule has 2 aromatic rings. The minimum Gasteiger partial charge on any atom is -0.494 e. The molecule has 0 aliphatic carbocycles. The van der Waals surface area contributed by atoms with Crippen molar-refractivity contribution in [3.63, 3.8) is 0 Å². The van der Waals surface area contributed by atoms with Gasteiger partial charge in [0.2, 0.25) is 0 Å². The van der Waals surface area contributed by atoms with Crippen LogP contribution in [0.4, 0.5) is 5.69 Å². The third-order valence-electron chi connectivity index (χ3n) is 3.87. The van der Waals surface area contributed by atoms with E-state index in [-0.39, 0.29) is 12.5 Å². The molecule has 9 heteroatoms. The average molecular weight is 508 g/mol. The summed E-state index contributed by atoms with van der Waals surface area (Å²) >= 11 is 10.7. The molecule has 1 saturated heterocycles. The molecule has 3 rings (SSSR count). The SMILES string of the molecule is C#CCOc1c(/C=C2\SC(=Nc3cc(Cl)ccc3OC)NC2=O)cc(Br)cc1OC. The van der Waals surface area contributed by atoms with E-state index < -0.39 is 0 Å². The van der Waals surface area contributed by atoms with Gasteiger partial charge in [-0.2, -0.15) is 0 Å². The van der Waals surface area contributed by atoms with Crippen LogP contribution in [-0.2, 0) is 4.79 Å². The lowest BCUT2D eigenvalue weighted by molar-refractivity contribution is -0.115. The van der Waals surface area contributed by atoms with Crippen molar-refractivity contribution in [3.05, 3.63) is 50.3 Å². The third kappa shape index (κ3) is 5.11. The highest BCUT2D eigenvalue weighted by molar-refractivity contribution is 9.10. The summed E-state index contributed by atoms with van der Waals surface area (Å²) in [6.45, 7) is 0.0643. The van der Waals surface area contributed by atoms with Crippen molar-refractivity contribution < 1.29 is 19.0 Å². The van der Waals surface area contributed by atoms with E-state index in [1.807, 2.05) is 6.07 Å². The molecule has 1 aliphatic rings. The number of methoxy groups -OCH3 is 2. The molecular weight excluding hydrogens is 492 g/mol. The van der Waals surface area contributed by atoms with Crippen LogP contribution < -0.4 is 19.5 Å². The Morgan fingerprint density at radius 1 is 1.27 bits per heavy atom. The van der Waals surface area contributed by atoms with Crippen LogP contribution in [0, 0.1) is 12.3 Å². The van der Waals surface area contributed by atoms with Gasteiger partial charge >= 0.3 is 0 Å². The van der Waals surface area contributed by atoms with Gasteiger partial charge in [0.1, 0.15) is 18.0 Å². The Bertz CT molecular complexity index is 1100. The van der Waals surface area contributed by atoms with Crippen molar-refractivity contribution in [2.24, 2.45) is 4.99 Å². The summed E-state index contributed by atoms with van der Waals surface area (Å²) in [6, 6.07) is 8.64. The molecule has 0 unspecified atom stereocenters. The predicted octanol–water partition coefficient (Wildman–Crippen LogP) is 5.02. The molecule has 1 N–H and O–H groups in total. The Balaban J connectivity index is 1.97. The van der Waals surface area contributed by atoms with E-state index >= 15 is 0 Å². The van der Waals surface area contributed by atoms with Gasteiger partial charge in [-0.3, -0.25) is 4.79 Å². The lowest BCUT2D eigenvalue weighted by atomic mass is 10.1. The first kappa shape index (κ1) is 22.1. The molecule has 0 aromatic heterocycles. The van der Waals surface area contributed by atoms with Gasteiger partial charge in [0.05, 0.1) is 19.1 Å². The number of hydrogen-bond acceptors (Lipinski definition) is 6. The van der Waals surface area contributed by atoms with Gasteiger partial charge in [0, 0.05) is 15.1 Å². The molecule has 1 amide bonds. The van der Waals surface area contributed by atoms with Gasteiger partial charge in [0.15, 0.2) is 16.7 Å². The summed E-state index contributed by atoms with van der Waals surface area (Å²) in [5.41, 5.74) is 1.15. The maximum atomic E-state index is 12.5. The first-order valence-electron chi connectivity index (χ1n) is 8.52. The number of carbonyl (C=O) groups excluding carboxylic acids is 1. The maximum Gasteiger partial charge on any atom is 0.264 e. The average Bonchev–Trinajstić information content (AvgIpc) is 3.05. The standard InChI is InChI=1S/C21H16BrClN2O4S/c1-4-7-29-19-12(8-13(22)10-17(19)28-3)9-18-20(26)25-21(30-18)24-15-11-14(23)5-6-16(15)27-2/h1,5-6,8-11H,7H2,2-3H3,(H,24,25,26)/b18-9-. The molecule has 2 aromatic carbocycles. The molecular formula is C21H16BrClN2O4S. The smallest absolute Gasteiger partial charge is 0.264 e. The van der Waals surface area contributed by atoms with E-state index in [4.69, 9.17) is 32.2 Å². The number of amidine groups is 1. The summed E-state index contributed by atoms with van der Waals surface area (Å²) in [5.74, 6) is 3.62. The molecule has 30 heavy (non-hydrogen) atoms. The first-order valence-corrected chi connectivity index (χ1v) is 10.5. The van der Waals surface area contributed by atoms with E-state index in [2.05, 4.69) is 32.2 Å². The molecule has 0 spiro atoms. The van der Waals surface area contributed by atoms with Gasteiger partial charge < -0.3 is 19.5 Å². The number of nitrogens with zero attached hydrogens (tertiary/aromatic N) is 1. The summed E-state index contributed by atoms with van der Waals surface area (Å²) in [5, 5.41) is 3.65. The van der Waals surface area contributed by atoms with Crippen LogP contribution in [0.25, 0.3) is 6.08 Å². The number of ether oxygens (including phenoxy) is 3. The van der Waals surface area contributed by atoms with Crippen LogP contribution in [0.5, 0.6) is 17.2 Å². The molecule has 154 valence electrons. The molecule has 1 fully saturated rings. The highest BCUT2D eigenvalue weighted by Crippen LogP contribution is 2.39. The number of aliphatic imine (C=N–C) groups is 1. The van der Waals surface area contributed by atoms with Crippen LogP contribution in [0.3, 0.4) is 0 Å². The minimum absolute atomic E-state index is 0.0643. The predicted molar refractivity (Wildman–Crippen MR) is 124 cm³/mol. The summed E-state index contributed by atoms with van der Waals surface area (Å²) in [7, 11) is 3.07. The molecule has 6 nitrogen and oxygen atoms in total. The van der Waals surface area contributed by atoms with Gasteiger partial charge in [0.25, 0.3) is 5.91 Å². The minimum atomic E-state index is -0.290. The summed E-state index contributed by atoms with van der Waals surface area (Å²) < 4.78 is 17.1. The van der Waals surface area contributed by atoms with E-state index in [0.717, 1.165) is 4.47 Å². The van der Waals surface area contributed by atoms with Crippen molar-refractivity contribution in [2.75, 3.05) is 20.8 Å². The Morgan fingerprint density at radius 2 is 2.03 bits per heavy atom. The zero-order valence-corrected chi connectivity index (χ0v) is 19.2. The van der Waals surface area contributed by atoms with Gasteiger partial charge in [-0.05, 0) is 48.2 Å². The fourth-order valence-electron chi connectivity index (χ4n) is 2.60. The Morgan fingerprint density at radius 3 is 2.73 bits per heavy atom. The van der Waals surface area contributed by atoms with E-state index in [0.29, 0.717) is 43.6 Å². The highest BCUT2D eigenvalue weighted by atomic mass is 79.9. The number of amides is 1. The fraction of sp³-hybridized carbons (Fsp3) is 0.143. The van der Waals surface area contributed by atoms with Gasteiger partial charge in [-0.15, -0.1) is 6.42 Å². The number of halogens is 2. The maximum absolute atomic E-state index is 12.5. The van der Waals surface area contributed by atoms with Crippen LogP contribution in [0.1, 0.15) is 5.56 Å². The normalized spacial score (nSPS) is 15.8. The quantitative estimate of drug-likeness (QED) is 0.439. The van der Waals surface area contributed by atoms with Gasteiger partial charge in [-0.25, -0.2) is 4.99 Å². The van der Waals surface area contributed by atoms with Crippen LogP contribution >= 0.6 is 39.3 Å². The number of hydrogen-bond donors (Lipinski definition) is 1. The zero-order valence-electron chi connectivity index (χ0n) is 16.0. The molecule has 0 radical (unpaired) electrons. The summed E-state index contributed by atoms with van der Waals surface area (Å²) in [4.78, 5) is 17.4. The molecule has 0 bridgehead atoms. The third-order valence-corrected chi connectivity index (χ3v) is 5.47. The summed E-state index contributed by atoms with van der Waals surface area (Å²) in [6.07, 6.45) is 7.01. The lowest BCUT2D eigenvalue weighted by Crippen LogP contribution is -2.19. The number of terminal acetylenes is 1. The Kier molecular flexibility index (Phi) is 7.32. The van der Waals surface area contributed by atoms with Crippen LogP contribution in [0.15, 0.2) is 44.7 Å². The Labute approximate surface area is 191 Å². The fourth-order valence-corrected chi connectivity index (χ4v) is 4.04. The largest absolute Gasteiger partial charge is 0.494 e. The zero-order chi connectivity index (χ0) is 21.7. The number of nitrogens with one attached hydrogen (secondary N) is 1. The van der Waals surface area contributed by atoms with E-state index in [1.54, 1.807) is 30.3 Å². The monoisotopic (exact) mass is 506 g/mol. The molecule has 1 heterocycles. The number of thioether (sulfide) groups is 1.